The second kappa shape index (κ2) is 7.09. The monoisotopic (exact) mass is 377 g/mol. The fourth-order valence-corrected chi connectivity index (χ4v) is 3.87. The molecule has 1 heterocycles. The van der Waals surface area contributed by atoms with Crippen LogP contribution in [0.15, 0.2) is 34.1 Å². The van der Waals surface area contributed by atoms with E-state index in [0.717, 1.165) is 28.0 Å². The van der Waals surface area contributed by atoms with Gasteiger partial charge >= 0.3 is 0 Å². The maximum absolute atomic E-state index is 6.26. The van der Waals surface area contributed by atoms with E-state index in [1.165, 1.54) is 4.88 Å². The molecule has 2 rings (SSSR count). The van der Waals surface area contributed by atoms with E-state index in [4.69, 9.17) is 23.2 Å². The van der Waals surface area contributed by atoms with Crippen LogP contribution in [0.3, 0.4) is 0 Å². The molecular weight excluding hydrogens is 365 g/mol. The largest absolute Gasteiger partial charge is 0.305 e. The van der Waals surface area contributed by atoms with Crippen molar-refractivity contribution in [2.75, 3.05) is 0 Å². The summed E-state index contributed by atoms with van der Waals surface area (Å²) >= 11 is 17.4. The van der Waals surface area contributed by atoms with Crippen molar-refractivity contribution in [2.24, 2.45) is 0 Å². The third-order valence-electron chi connectivity index (χ3n) is 2.89. The summed E-state index contributed by atoms with van der Waals surface area (Å²) in [7, 11) is 0. The highest BCUT2D eigenvalue weighted by Gasteiger charge is 2.13. The molecule has 0 spiro atoms. The number of nitrogens with one attached hydrogen (secondary N) is 1. The van der Waals surface area contributed by atoms with Gasteiger partial charge in [0.05, 0.1) is 0 Å². The standard InChI is InChI=1S/C14H14BrCl2NS/c1-2-14(12-4-3-10(16)6-13(12)17)18-7-11-5-9(15)8-19-11/h3-6,8,14,18H,2,7H2,1H3. The number of thiophene rings is 1. The van der Waals surface area contributed by atoms with Gasteiger partial charge in [-0.3, -0.25) is 0 Å². The van der Waals surface area contributed by atoms with Crippen molar-refractivity contribution in [1.29, 1.82) is 0 Å². The molecule has 1 N–H and O–H groups in total. The third kappa shape index (κ3) is 4.20. The molecule has 0 bridgehead atoms. The van der Waals surface area contributed by atoms with Crippen LogP contribution in [0.5, 0.6) is 0 Å². The summed E-state index contributed by atoms with van der Waals surface area (Å²) in [6, 6.07) is 8.05. The average molecular weight is 379 g/mol. The summed E-state index contributed by atoms with van der Waals surface area (Å²) in [6.45, 7) is 2.99. The van der Waals surface area contributed by atoms with E-state index in [2.05, 4.69) is 39.6 Å². The fraction of sp³-hybridized carbons (Fsp3) is 0.286. The van der Waals surface area contributed by atoms with Crippen molar-refractivity contribution in [3.8, 4) is 0 Å². The van der Waals surface area contributed by atoms with Crippen LogP contribution in [0.25, 0.3) is 0 Å². The Morgan fingerprint density at radius 2 is 2.11 bits per heavy atom. The Balaban J connectivity index is 2.07. The van der Waals surface area contributed by atoms with Crippen LogP contribution in [0.2, 0.25) is 10.0 Å². The van der Waals surface area contributed by atoms with Crippen LogP contribution in [0.1, 0.15) is 29.8 Å². The van der Waals surface area contributed by atoms with Gasteiger partial charge in [-0.15, -0.1) is 11.3 Å². The number of hydrogen-bond donors (Lipinski definition) is 1. The molecule has 19 heavy (non-hydrogen) atoms. The van der Waals surface area contributed by atoms with Crippen molar-refractivity contribution in [3.63, 3.8) is 0 Å². The van der Waals surface area contributed by atoms with E-state index in [-0.39, 0.29) is 6.04 Å². The molecule has 0 radical (unpaired) electrons. The first kappa shape index (κ1) is 15.3. The molecular formula is C14H14BrCl2NS. The van der Waals surface area contributed by atoms with E-state index in [1.54, 1.807) is 17.4 Å². The van der Waals surface area contributed by atoms with Crippen molar-refractivity contribution in [2.45, 2.75) is 25.9 Å². The van der Waals surface area contributed by atoms with E-state index in [1.807, 2.05) is 12.1 Å². The molecule has 102 valence electrons. The van der Waals surface area contributed by atoms with Crippen LogP contribution >= 0.6 is 50.5 Å². The summed E-state index contributed by atoms with van der Waals surface area (Å²) in [4.78, 5) is 1.30. The normalized spacial score (nSPS) is 12.6. The van der Waals surface area contributed by atoms with Gasteiger partial charge in [0, 0.05) is 37.4 Å². The SMILES string of the molecule is CCC(NCc1cc(Br)cs1)c1ccc(Cl)cc1Cl. The summed E-state index contributed by atoms with van der Waals surface area (Å²) < 4.78 is 1.13. The minimum atomic E-state index is 0.241. The zero-order valence-corrected chi connectivity index (χ0v) is 14.3. The van der Waals surface area contributed by atoms with Gasteiger partial charge in [0.15, 0.2) is 0 Å². The highest BCUT2D eigenvalue weighted by Crippen LogP contribution is 2.29. The highest BCUT2D eigenvalue weighted by atomic mass is 79.9. The number of hydrogen-bond acceptors (Lipinski definition) is 2. The van der Waals surface area contributed by atoms with Gasteiger partial charge in [-0.25, -0.2) is 0 Å². The fourth-order valence-electron chi connectivity index (χ4n) is 1.93. The second-order valence-electron chi connectivity index (χ2n) is 4.24. The van der Waals surface area contributed by atoms with Crippen LogP contribution in [-0.4, -0.2) is 0 Å². The van der Waals surface area contributed by atoms with Gasteiger partial charge in [-0.05, 0) is 46.1 Å². The lowest BCUT2D eigenvalue weighted by molar-refractivity contribution is 0.522. The Labute approximate surface area is 136 Å². The summed E-state index contributed by atoms with van der Waals surface area (Å²) in [5.74, 6) is 0. The highest BCUT2D eigenvalue weighted by molar-refractivity contribution is 9.10. The van der Waals surface area contributed by atoms with Crippen molar-refractivity contribution in [1.82, 2.24) is 5.32 Å². The first-order valence-electron chi connectivity index (χ1n) is 6.01. The number of rotatable bonds is 5. The summed E-state index contributed by atoms with van der Waals surface area (Å²) in [5, 5.41) is 7.02. The zero-order valence-electron chi connectivity index (χ0n) is 10.4. The van der Waals surface area contributed by atoms with Crippen molar-refractivity contribution in [3.05, 3.63) is 54.6 Å². The van der Waals surface area contributed by atoms with Gasteiger partial charge in [0.25, 0.3) is 0 Å². The van der Waals surface area contributed by atoms with Gasteiger partial charge in [0.2, 0.25) is 0 Å². The lowest BCUT2D eigenvalue weighted by atomic mass is 10.0. The Hall–Kier alpha value is -0.0600. The topological polar surface area (TPSA) is 12.0 Å². The average Bonchev–Trinajstić information content (AvgIpc) is 2.78. The van der Waals surface area contributed by atoms with Gasteiger partial charge < -0.3 is 5.32 Å². The maximum Gasteiger partial charge on any atom is 0.0468 e. The van der Waals surface area contributed by atoms with Crippen molar-refractivity contribution >= 4 is 50.5 Å². The van der Waals surface area contributed by atoms with E-state index in [9.17, 15) is 0 Å². The molecule has 0 amide bonds. The molecule has 0 saturated heterocycles. The molecule has 1 atom stereocenters. The quantitative estimate of drug-likeness (QED) is 0.666. The molecule has 0 saturated carbocycles. The molecule has 1 unspecified atom stereocenters. The summed E-state index contributed by atoms with van der Waals surface area (Å²) in [5.41, 5.74) is 1.10. The van der Waals surface area contributed by atoms with E-state index < -0.39 is 0 Å². The van der Waals surface area contributed by atoms with Crippen LogP contribution in [0, 0.1) is 0 Å². The molecule has 0 aliphatic heterocycles. The number of halogens is 3. The molecule has 1 nitrogen and oxygen atoms in total. The van der Waals surface area contributed by atoms with E-state index in [0.29, 0.717) is 5.02 Å². The minimum Gasteiger partial charge on any atom is -0.305 e. The molecule has 0 fully saturated rings. The Morgan fingerprint density at radius 1 is 1.32 bits per heavy atom. The summed E-state index contributed by atoms with van der Waals surface area (Å²) in [6.07, 6.45) is 0.980. The number of benzene rings is 1. The van der Waals surface area contributed by atoms with Gasteiger partial charge in [0.1, 0.15) is 0 Å². The molecule has 1 aromatic carbocycles. The zero-order chi connectivity index (χ0) is 13.8. The Kier molecular flexibility index (Phi) is 5.72. The smallest absolute Gasteiger partial charge is 0.0468 e. The first-order chi connectivity index (χ1) is 9.10. The first-order valence-corrected chi connectivity index (χ1v) is 8.44. The Bertz CT molecular complexity index is 556. The van der Waals surface area contributed by atoms with Crippen LogP contribution < -0.4 is 5.32 Å². The molecule has 5 heteroatoms. The second-order valence-corrected chi connectivity index (χ2v) is 6.99. The maximum atomic E-state index is 6.26. The molecule has 0 aliphatic carbocycles. The van der Waals surface area contributed by atoms with Crippen LogP contribution in [0.4, 0.5) is 0 Å². The minimum absolute atomic E-state index is 0.241. The van der Waals surface area contributed by atoms with Crippen molar-refractivity contribution < 1.29 is 0 Å². The molecule has 0 aliphatic rings. The molecule has 1 aromatic heterocycles. The molecule has 2 aromatic rings. The predicted molar refractivity (Wildman–Crippen MR) is 88.4 cm³/mol. The van der Waals surface area contributed by atoms with Crippen LogP contribution in [-0.2, 0) is 6.54 Å². The third-order valence-corrected chi connectivity index (χ3v) is 5.15. The van der Waals surface area contributed by atoms with Gasteiger partial charge in [-0.2, -0.15) is 0 Å². The lowest BCUT2D eigenvalue weighted by Crippen LogP contribution is -2.20. The predicted octanol–water partition coefficient (Wildman–Crippen LogP) is 6.06. The van der Waals surface area contributed by atoms with E-state index >= 15 is 0 Å². The van der Waals surface area contributed by atoms with Gasteiger partial charge in [-0.1, -0.05) is 36.2 Å². The lowest BCUT2D eigenvalue weighted by Gasteiger charge is -2.18. The Morgan fingerprint density at radius 3 is 2.68 bits per heavy atom.